The lowest BCUT2D eigenvalue weighted by molar-refractivity contribution is -0.142. The summed E-state index contributed by atoms with van der Waals surface area (Å²) < 4.78 is 5.10. The standard InChI is InChI=1S/C15H22N2O5/c1-10(2)8-12(15(20)21)17-14(19)9-16-13(18)6-5-11-4-3-7-22-11/h3-4,7,10,12H,5-6,8-9H2,1-2H3,(H,16,18)(H,17,19)(H,20,21)/t12-/m0/s1. The molecule has 0 bridgehead atoms. The van der Waals surface area contributed by atoms with Gasteiger partial charge in [0.15, 0.2) is 0 Å². The lowest BCUT2D eigenvalue weighted by Gasteiger charge is -2.16. The van der Waals surface area contributed by atoms with Crippen molar-refractivity contribution in [1.82, 2.24) is 10.6 Å². The summed E-state index contributed by atoms with van der Waals surface area (Å²) in [6, 6.07) is 2.57. The van der Waals surface area contributed by atoms with E-state index in [9.17, 15) is 14.4 Å². The van der Waals surface area contributed by atoms with E-state index in [1.807, 2.05) is 13.8 Å². The van der Waals surface area contributed by atoms with E-state index in [-0.39, 0.29) is 24.8 Å². The molecular weight excluding hydrogens is 288 g/mol. The summed E-state index contributed by atoms with van der Waals surface area (Å²) in [7, 11) is 0. The van der Waals surface area contributed by atoms with E-state index in [1.165, 1.54) is 6.26 Å². The van der Waals surface area contributed by atoms with Crippen molar-refractivity contribution in [3.63, 3.8) is 0 Å². The van der Waals surface area contributed by atoms with Crippen LogP contribution in [-0.2, 0) is 20.8 Å². The number of carboxylic acids is 1. The molecule has 7 nitrogen and oxygen atoms in total. The van der Waals surface area contributed by atoms with Crippen LogP contribution in [0.3, 0.4) is 0 Å². The molecule has 122 valence electrons. The molecule has 1 rings (SSSR count). The molecule has 3 N–H and O–H groups in total. The molecule has 0 aliphatic heterocycles. The fraction of sp³-hybridized carbons (Fsp3) is 0.533. The summed E-state index contributed by atoms with van der Waals surface area (Å²) in [6.45, 7) is 3.51. The Morgan fingerprint density at radius 1 is 1.27 bits per heavy atom. The fourth-order valence-electron chi connectivity index (χ4n) is 1.90. The third-order valence-electron chi connectivity index (χ3n) is 2.97. The van der Waals surface area contributed by atoms with E-state index in [0.29, 0.717) is 18.6 Å². The lowest BCUT2D eigenvalue weighted by atomic mass is 10.0. The molecule has 0 saturated heterocycles. The molecule has 1 atom stereocenters. The van der Waals surface area contributed by atoms with Gasteiger partial charge in [-0.05, 0) is 24.5 Å². The summed E-state index contributed by atoms with van der Waals surface area (Å²) in [6.07, 6.45) is 2.52. The molecule has 2 amide bonds. The summed E-state index contributed by atoms with van der Waals surface area (Å²) in [5.41, 5.74) is 0. The topological polar surface area (TPSA) is 109 Å². The van der Waals surface area contributed by atoms with Gasteiger partial charge in [-0.15, -0.1) is 0 Å². The van der Waals surface area contributed by atoms with Crippen molar-refractivity contribution in [1.29, 1.82) is 0 Å². The highest BCUT2D eigenvalue weighted by molar-refractivity contribution is 5.87. The fourth-order valence-corrected chi connectivity index (χ4v) is 1.90. The maximum atomic E-state index is 11.7. The largest absolute Gasteiger partial charge is 0.480 e. The molecule has 1 aromatic heterocycles. The number of rotatable bonds is 9. The van der Waals surface area contributed by atoms with Crippen molar-refractivity contribution in [2.45, 2.75) is 39.2 Å². The number of carbonyl (C=O) groups excluding carboxylic acids is 2. The van der Waals surface area contributed by atoms with Crippen LogP contribution in [-0.4, -0.2) is 35.5 Å². The van der Waals surface area contributed by atoms with Crippen molar-refractivity contribution < 1.29 is 23.9 Å². The number of nitrogens with one attached hydrogen (secondary N) is 2. The van der Waals surface area contributed by atoms with Gasteiger partial charge in [0, 0.05) is 12.8 Å². The van der Waals surface area contributed by atoms with Gasteiger partial charge in [-0.3, -0.25) is 9.59 Å². The Kier molecular flexibility index (Phi) is 7.15. The highest BCUT2D eigenvalue weighted by atomic mass is 16.4. The van der Waals surface area contributed by atoms with Crippen molar-refractivity contribution in [2.24, 2.45) is 5.92 Å². The molecule has 0 spiro atoms. The smallest absolute Gasteiger partial charge is 0.326 e. The zero-order chi connectivity index (χ0) is 16.5. The van der Waals surface area contributed by atoms with Crippen molar-refractivity contribution in [2.75, 3.05) is 6.54 Å². The van der Waals surface area contributed by atoms with E-state index in [0.717, 1.165) is 0 Å². The van der Waals surface area contributed by atoms with E-state index >= 15 is 0 Å². The van der Waals surface area contributed by atoms with Crippen LogP contribution >= 0.6 is 0 Å². The first-order valence-corrected chi connectivity index (χ1v) is 7.19. The minimum atomic E-state index is -1.08. The third-order valence-corrected chi connectivity index (χ3v) is 2.97. The number of carboxylic acid groups (broad SMARTS) is 1. The van der Waals surface area contributed by atoms with E-state index < -0.39 is 17.9 Å². The number of furan rings is 1. The maximum Gasteiger partial charge on any atom is 0.326 e. The van der Waals surface area contributed by atoms with Crippen molar-refractivity contribution in [3.8, 4) is 0 Å². The Morgan fingerprint density at radius 3 is 2.55 bits per heavy atom. The molecule has 1 aromatic rings. The molecule has 0 fully saturated rings. The summed E-state index contributed by atoms with van der Waals surface area (Å²) >= 11 is 0. The van der Waals surface area contributed by atoms with Crippen LogP contribution in [0.25, 0.3) is 0 Å². The van der Waals surface area contributed by atoms with Crippen molar-refractivity contribution >= 4 is 17.8 Å². The average Bonchev–Trinajstić information content (AvgIpc) is 2.94. The lowest BCUT2D eigenvalue weighted by Crippen LogP contribution is -2.46. The van der Waals surface area contributed by atoms with E-state index in [1.54, 1.807) is 12.1 Å². The molecule has 0 aliphatic rings. The Bertz CT molecular complexity index is 496. The first-order valence-electron chi connectivity index (χ1n) is 7.19. The number of carbonyl (C=O) groups is 3. The second-order valence-electron chi connectivity index (χ2n) is 5.44. The predicted molar refractivity (Wildman–Crippen MR) is 79.1 cm³/mol. The maximum absolute atomic E-state index is 11.7. The zero-order valence-corrected chi connectivity index (χ0v) is 12.8. The van der Waals surface area contributed by atoms with Crippen LogP contribution in [0.4, 0.5) is 0 Å². The summed E-state index contributed by atoms with van der Waals surface area (Å²) in [5, 5.41) is 13.9. The van der Waals surface area contributed by atoms with Crippen LogP contribution in [0.5, 0.6) is 0 Å². The predicted octanol–water partition coefficient (Wildman–Crippen LogP) is 0.944. The van der Waals surface area contributed by atoms with Gasteiger partial charge in [0.2, 0.25) is 11.8 Å². The molecule has 22 heavy (non-hydrogen) atoms. The van der Waals surface area contributed by atoms with Crippen LogP contribution in [0.2, 0.25) is 0 Å². The molecule has 0 saturated carbocycles. The van der Waals surface area contributed by atoms with Gasteiger partial charge in [-0.25, -0.2) is 4.79 Å². The molecule has 7 heteroatoms. The number of aryl methyl sites for hydroxylation is 1. The highest BCUT2D eigenvalue weighted by Crippen LogP contribution is 2.05. The minimum absolute atomic E-state index is 0.143. The van der Waals surface area contributed by atoms with Gasteiger partial charge >= 0.3 is 5.97 Å². The van der Waals surface area contributed by atoms with Crippen LogP contribution in [0, 0.1) is 5.92 Å². The van der Waals surface area contributed by atoms with Crippen LogP contribution < -0.4 is 10.6 Å². The quantitative estimate of drug-likeness (QED) is 0.629. The molecule has 1 heterocycles. The SMILES string of the molecule is CC(C)C[C@H](NC(=O)CNC(=O)CCc1ccco1)C(=O)O. The van der Waals surface area contributed by atoms with Crippen molar-refractivity contribution in [3.05, 3.63) is 24.2 Å². The summed E-state index contributed by atoms with van der Waals surface area (Å²) in [5.74, 6) is -1.04. The summed E-state index contributed by atoms with van der Waals surface area (Å²) in [4.78, 5) is 34.3. The Labute approximate surface area is 129 Å². The van der Waals surface area contributed by atoms with E-state index in [4.69, 9.17) is 9.52 Å². The number of hydrogen-bond acceptors (Lipinski definition) is 4. The molecule has 0 radical (unpaired) electrons. The second-order valence-corrected chi connectivity index (χ2v) is 5.44. The van der Waals surface area contributed by atoms with Gasteiger partial charge in [-0.2, -0.15) is 0 Å². The van der Waals surface area contributed by atoms with Gasteiger partial charge < -0.3 is 20.2 Å². The normalized spacial score (nSPS) is 12.0. The first-order chi connectivity index (χ1) is 10.4. The van der Waals surface area contributed by atoms with Gasteiger partial charge in [0.05, 0.1) is 12.8 Å². The Hall–Kier alpha value is -2.31. The van der Waals surface area contributed by atoms with Gasteiger partial charge in [-0.1, -0.05) is 13.8 Å². The van der Waals surface area contributed by atoms with Crippen LogP contribution in [0.1, 0.15) is 32.4 Å². The Balaban J connectivity index is 2.28. The van der Waals surface area contributed by atoms with Gasteiger partial charge in [0.1, 0.15) is 11.8 Å². The minimum Gasteiger partial charge on any atom is -0.480 e. The zero-order valence-electron chi connectivity index (χ0n) is 12.8. The first kappa shape index (κ1) is 17.7. The monoisotopic (exact) mass is 310 g/mol. The van der Waals surface area contributed by atoms with Gasteiger partial charge in [0.25, 0.3) is 0 Å². The molecule has 0 unspecified atom stereocenters. The number of hydrogen-bond donors (Lipinski definition) is 3. The Morgan fingerprint density at radius 2 is 2.00 bits per heavy atom. The average molecular weight is 310 g/mol. The molecule has 0 aliphatic carbocycles. The molecular formula is C15H22N2O5. The van der Waals surface area contributed by atoms with E-state index in [2.05, 4.69) is 10.6 Å². The van der Waals surface area contributed by atoms with Crippen LogP contribution in [0.15, 0.2) is 22.8 Å². The third kappa shape index (κ3) is 6.92. The highest BCUT2D eigenvalue weighted by Gasteiger charge is 2.21. The number of amides is 2. The molecule has 0 aromatic carbocycles. The number of aliphatic carboxylic acids is 1. The second kappa shape index (κ2) is 8.86.